The zero-order valence-corrected chi connectivity index (χ0v) is 81.2. The molecule has 746 valence electrons. The quantitative estimate of drug-likeness (QED) is 0.0186. The van der Waals surface area contributed by atoms with E-state index in [1.807, 2.05) is 18.2 Å². The normalized spacial score (nSPS) is 12.8. The fourth-order valence-corrected chi connectivity index (χ4v) is 16.6. The number of imidazole rings is 1. The first kappa shape index (κ1) is 110. The Morgan fingerprint density at radius 1 is 0.295 bits per heavy atom. The monoisotopic (exact) mass is 1910 g/mol. The van der Waals surface area contributed by atoms with E-state index in [-0.39, 0.29) is 65.2 Å². The highest BCUT2D eigenvalue weighted by Gasteiger charge is 2.40. The van der Waals surface area contributed by atoms with E-state index in [0.29, 0.717) is 84.0 Å². The van der Waals surface area contributed by atoms with Crippen molar-refractivity contribution in [3.05, 3.63) is 269 Å². The van der Waals surface area contributed by atoms with Gasteiger partial charge in [0.1, 0.15) is 45.3 Å². The third-order valence-electron chi connectivity index (χ3n) is 25.1. The number of primary amides is 1. The van der Waals surface area contributed by atoms with Gasteiger partial charge in [0.15, 0.2) is 0 Å². The summed E-state index contributed by atoms with van der Waals surface area (Å²) in [6.45, 7) is 5.54. The first-order chi connectivity index (χ1) is 66.9. The zero-order chi connectivity index (χ0) is 101. The van der Waals surface area contributed by atoms with Crippen molar-refractivity contribution in [2.24, 2.45) is 34.4 Å². The van der Waals surface area contributed by atoms with Gasteiger partial charge in [-0.2, -0.15) is 0 Å². The van der Waals surface area contributed by atoms with E-state index in [0.717, 1.165) is 5.56 Å². The van der Waals surface area contributed by atoms with Gasteiger partial charge in [-0.25, -0.2) is 4.98 Å². The van der Waals surface area contributed by atoms with Crippen molar-refractivity contribution in [1.29, 1.82) is 0 Å². The van der Waals surface area contributed by atoms with Crippen molar-refractivity contribution in [2.45, 2.75) is 155 Å². The minimum atomic E-state index is -1.31. The molecule has 0 saturated carbocycles. The number of carbonyl (C=O) groups is 14. The van der Waals surface area contributed by atoms with E-state index in [4.69, 9.17) is 34.4 Å². The number of hydrogen-bond donors (Lipinski definition) is 9. The summed E-state index contributed by atoms with van der Waals surface area (Å²) in [6, 6.07) is 55.6. The molecular formula is C104H141N21O14. The Labute approximate surface area is 816 Å². The summed E-state index contributed by atoms with van der Waals surface area (Å²) < 4.78 is 0. The van der Waals surface area contributed by atoms with Crippen LogP contribution in [-0.2, 0) is 73.5 Å². The lowest BCUT2D eigenvalue weighted by Crippen LogP contribution is -2.55. The number of amides is 14. The molecule has 0 fully saturated rings. The van der Waals surface area contributed by atoms with Crippen LogP contribution in [0.3, 0.4) is 0 Å². The van der Waals surface area contributed by atoms with Crippen molar-refractivity contribution in [2.75, 3.05) is 137 Å². The fraction of sp³-hybridized carbons (Fsp3) is 0.433. The summed E-state index contributed by atoms with van der Waals surface area (Å²) in [5, 5.41) is 5.11. The number of carbonyl (C=O) groups excluding carboxylic acids is 14. The predicted molar refractivity (Wildman–Crippen MR) is 531 cm³/mol. The molecule has 1 heterocycles. The van der Waals surface area contributed by atoms with Gasteiger partial charge in [0.25, 0.3) is 0 Å². The van der Waals surface area contributed by atoms with Gasteiger partial charge in [-0.15, -0.1) is 0 Å². The molecule has 8 rings (SSSR count). The Kier molecular flexibility index (Phi) is 46.1. The average Bonchev–Trinajstić information content (AvgIpc) is 1.20. The standard InChI is InChI=1S/C104H141N21O14/c1-75(82-37-15-8-16-38-82)119(63-91(110)126)97(132)64-115(55-33-29-51-105)94(129)68-120(76(2)83-39-17-9-18-40-83)101(136)71-123(79(5)86-45-23-12-24-46-86)98(133)65-116(56-34-30-52-106)95(130)69-121(77(3)84-41-19-10-20-42-84)102(137)72-124(80(6)87-47-25-13-26-48-87)99(134)66-117(57-35-31-53-107)96(131)70-122(78(4)85-43-21-11-22-44-85)103(138)73-125(81(7)88-49-27-14-28-50-88)100(135)67-118(58-36-32-54-108)104(139)90(59-89-61-111-74-113-89)114-93(128)62-112-92(127)60-109/h8-28,37-50,61,74-81,90H,29-36,51-60,62-73,105-109H2,1-7H3,(H2,110,126)(H,111,113)(H,112,127)(H,114,128)/t75-,76-,77-,78-,79-,80-,81-,90-/m0/s1. The highest BCUT2D eigenvalue weighted by molar-refractivity contribution is 5.97. The van der Waals surface area contributed by atoms with Gasteiger partial charge in [0, 0.05) is 38.8 Å². The van der Waals surface area contributed by atoms with Gasteiger partial charge >= 0.3 is 0 Å². The molecule has 14 amide bonds. The van der Waals surface area contributed by atoms with Gasteiger partial charge < -0.3 is 104 Å². The Balaban J connectivity index is 1.12. The second-order valence-electron chi connectivity index (χ2n) is 34.8. The summed E-state index contributed by atoms with van der Waals surface area (Å²) in [4.78, 5) is 232. The van der Waals surface area contributed by atoms with Crippen LogP contribution in [0.25, 0.3) is 0 Å². The minimum Gasteiger partial charge on any atom is -0.368 e. The molecule has 0 aliphatic heterocycles. The van der Waals surface area contributed by atoms with Crippen LogP contribution in [0.1, 0.15) is 187 Å². The van der Waals surface area contributed by atoms with Gasteiger partial charge in [0.2, 0.25) is 82.7 Å². The molecular weight excluding hydrogens is 1770 g/mol. The number of H-pyrrole nitrogens is 1. The summed E-state index contributed by atoms with van der Waals surface area (Å²) in [5.41, 5.74) is 40.3. The maximum atomic E-state index is 16.1. The predicted octanol–water partition coefficient (Wildman–Crippen LogP) is 6.40. The fourth-order valence-electron chi connectivity index (χ4n) is 16.6. The second-order valence-corrected chi connectivity index (χ2v) is 34.8. The highest BCUT2D eigenvalue weighted by Crippen LogP contribution is 2.31. The van der Waals surface area contributed by atoms with Crippen LogP contribution >= 0.6 is 0 Å². The highest BCUT2D eigenvalue weighted by atomic mass is 16.2. The Hall–Kier alpha value is -13.9. The lowest BCUT2D eigenvalue weighted by atomic mass is 10.0. The number of aromatic nitrogens is 2. The number of nitrogens with two attached hydrogens (primary N) is 6. The molecule has 35 heteroatoms. The molecule has 0 aliphatic rings. The Morgan fingerprint density at radius 3 is 0.755 bits per heavy atom. The lowest BCUT2D eigenvalue weighted by molar-refractivity contribution is -0.152. The molecule has 8 atom stereocenters. The second kappa shape index (κ2) is 58.0. The summed E-state index contributed by atoms with van der Waals surface area (Å²) in [5.74, 6) is -9.48. The number of unbranched alkanes of at least 4 members (excludes halogenated alkanes) is 4. The third-order valence-corrected chi connectivity index (χ3v) is 25.1. The van der Waals surface area contributed by atoms with E-state index in [2.05, 4.69) is 20.6 Å². The Bertz CT molecular complexity index is 5200. The number of aromatic amines is 1. The van der Waals surface area contributed by atoms with Crippen LogP contribution in [0.15, 0.2) is 225 Å². The van der Waals surface area contributed by atoms with Gasteiger partial charge in [0.05, 0.1) is 100 Å². The van der Waals surface area contributed by atoms with Gasteiger partial charge in [-0.05, 0) is 165 Å². The number of nitrogens with zero attached hydrogens (tertiary/aromatic N) is 12. The molecule has 1 aromatic heterocycles. The molecule has 0 unspecified atom stereocenters. The molecule has 35 nitrogen and oxygen atoms in total. The van der Waals surface area contributed by atoms with Gasteiger partial charge in [-0.3, -0.25) is 67.1 Å². The molecule has 0 bridgehead atoms. The smallest absolute Gasteiger partial charge is 0.246 e. The van der Waals surface area contributed by atoms with Crippen LogP contribution in [0.5, 0.6) is 0 Å². The summed E-state index contributed by atoms with van der Waals surface area (Å²) >= 11 is 0. The van der Waals surface area contributed by atoms with Crippen LogP contribution < -0.4 is 45.0 Å². The molecule has 8 aromatic rings. The molecule has 0 aliphatic carbocycles. The van der Waals surface area contributed by atoms with E-state index < -0.39 is 216 Å². The molecule has 0 saturated heterocycles. The third kappa shape index (κ3) is 34.4. The number of nitrogens with one attached hydrogen (secondary N) is 3. The first-order valence-corrected chi connectivity index (χ1v) is 47.8. The van der Waals surface area contributed by atoms with Crippen LogP contribution in [-0.4, -0.2) is 290 Å². The van der Waals surface area contributed by atoms with Gasteiger partial charge in [-0.1, -0.05) is 212 Å². The van der Waals surface area contributed by atoms with Crippen LogP contribution in [0.4, 0.5) is 0 Å². The van der Waals surface area contributed by atoms with Crippen LogP contribution in [0.2, 0.25) is 0 Å². The topological polar surface area (TPSA) is 483 Å². The number of hydrogen-bond acceptors (Lipinski definition) is 20. The van der Waals surface area contributed by atoms with Crippen molar-refractivity contribution in [1.82, 2.24) is 74.5 Å². The van der Waals surface area contributed by atoms with E-state index in [1.54, 1.807) is 249 Å². The van der Waals surface area contributed by atoms with Crippen molar-refractivity contribution >= 4 is 82.7 Å². The van der Waals surface area contributed by atoms with E-state index >= 15 is 47.9 Å². The molecule has 139 heavy (non-hydrogen) atoms. The van der Waals surface area contributed by atoms with E-state index in [1.165, 1.54) is 60.2 Å². The first-order valence-electron chi connectivity index (χ1n) is 47.8. The zero-order valence-electron chi connectivity index (χ0n) is 81.2. The van der Waals surface area contributed by atoms with Crippen molar-refractivity contribution < 1.29 is 67.1 Å². The number of rotatable bonds is 59. The maximum Gasteiger partial charge on any atom is 0.246 e. The SMILES string of the molecule is C[C@@H](c1ccccc1)N(CC(N)=O)C(=O)CN(CCCCN)C(=O)CN(C(=O)CN(C(=O)CN(CCCCN)C(=O)CN(C(=O)CN(C(=O)CN(CCCCN)C(=O)CN(C(=O)CN(C(=O)CN(CCCCN)C(=O)[C@H](Cc1c[nH]cn1)NC(=O)CNC(=O)CN)[C@@H](C)c1ccccc1)[C@@H](C)c1ccccc1)[C@@H](C)c1ccccc1)[C@@H](C)c1ccccc1)[C@@H](C)c1ccccc1)[C@@H](C)c1ccccc1. The number of benzene rings is 7. The van der Waals surface area contributed by atoms with Crippen molar-refractivity contribution in [3.8, 4) is 0 Å². The summed E-state index contributed by atoms with van der Waals surface area (Å²) in [6.07, 6.45) is 5.87. The average molecular weight is 1910 g/mol. The summed E-state index contributed by atoms with van der Waals surface area (Å²) in [7, 11) is 0. The molecule has 0 spiro atoms. The molecule has 15 N–H and O–H groups in total. The minimum absolute atomic E-state index is 0.0118. The Morgan fingerprint density at radius 2 is 0.525 bits per heavy atom. The van der Waals surface area contributed by atoms with Crippen molar-refractivity contribution in [3.63, 3.8) is 0 Å². The largest absolute Gasteiger partial charge is 0.368 e. The molecule has 0 radical (unpaired) electrons. The maximum absolute atomic E-state index is 16.1. The van der Waals surface area contributed by atoms with E-state index in [9.17, 15) is 19.2 Å². The lowest BCUT2D eigenvalue weighted by Gasteiger charge is -2.38. The molecule has 7 aromatic carbocycles. The van der Waals surface area contributed by atoms with Crippen LogP contribution in [0, 0.1) is 0 Å².